The van der Waals surface area contributed by atoms with E-state index < -0.39 is 0 Å². The molecule has 1 N–H and O–H groups in total. The molecule has 0 saturated carbocycles. The molecular weight excluding hydrogens is 208 g/mol. The molecule has 2 nitrogen and oxygen atoms in total. The van der Waals surface area contributed by atoms with Crippen LogP contribution in [-0.2, 0) is 0 Å². The number of anilines is 1. The van der Waals surface area contributed by atoms with Gasteiger partial charge in [-0.25, -0.2) is 0 Å². The second-order valence-electron chi connectivity index (χ2n) is 5.64. The molecular formula is C15H24N2. The second-order valence-corrected chi connectivity index (χ2v) is 5.64. The molecule has 2 heteroatoms. The Balaban J connectivity index is 2.10. The number of rotatable bonds is 2. The van der Waals surface area contributed by atoms with Gasteiger partial charge in [0.25, 0.3) is 0 Å². The Kier molecular flexibility index (Phi) is 3.43. The number of hydrogen-bond acceptors (Lipinski definition) is 2. The Morgan fingerprint density at radius 3 is 2.06 bits per heavy atom. The Morgan fingerprint density at radius 2 is 1.59 bits per heavy atom. The number of piperidine rings is 1. The smallest absolute Gasteiger partial charge is 0.0371 e. The van der Waals surface area contributed by atoms with Gasteiger partial charge in [-0.2, -0.15) is 0 Å². The predicted octanol–water partition coefficient (Wildman–Crippen LogP) is 2.88. The maximum Gasteiger partial charge on any atom is 0.0371 e. The molecule has 0 aliphatic carbocycles. The molecule has 0 radical (unpaired) electrons. The van der Waals surface area contributed by atoms with Gasteiger partial charge in [-0.15, -0.1) is 0 Å². The Bertz CT molecular complexity index is 370. The highest BCUT2D eigenvalue weighted by atomic mass is 15.2. The van der Waals surface area contributed by atoms with Crippen molar-refractivity contribution in [3.05, 3.63) is 29.3 Å². The van der Waals surface area contributed by atoms with Gasteiger partial charge < -0.3 is 10.2 Å². The lowest BCUT2D eigenvalue weighted by molar-refractivity contribution is 0.305. The van der Waals surface area contributed by atoms with Crippen LogP contribution in [-0.4, -0.2) is 25.7 Å². The van der Waals surface area contributed by atoms with Crippen LogP contribution in [0.2, 0.25) is 0 Å². The molecule has 17 heavy (non-hydrogen) atoms. The van der Waals surface area contributed by atoms with Crippen molar-refractivity contribution >= 4 is 5.69 Å². The van der Waals surface area contributed by atoms with Crippen molar-refractivity contribution in [2.45, 2.75) is 39.2 Å². The summed E-state index contributed by atoms with van der Waals surface area (Å²) in [5, 5.41) is 3.45. The van der Waals surface area contributed by atoms with Crippen LogP contribution in [0.15, 0.2) is 18.2 Å². The zero-order chi connectivity index (χ0) is 12.5. The van der Waals surface area contributed by atoms with Crippen LogP contribution >= 0.6 is 0 Å². The SMILES string of the molecule is CNC1(C)CCN(c2cc(C)cc(C)c2)CC1. The van der Waals surface area contributed by atoms with Crippen molar-refractivity contribution in [2.75, 3.05) is 25.0 Å². The third-order valence-corrected chi connectivity index (χ3v) is 4.04. The van der Waals surface area contributed by atoms with E-state index in [4.69, 9.17) is 0 Å². The van der Waals surface area contributed by atoms with Crippen molar-refractivity contribution in [2.24, 2.45) is 0 Å². The lowest BCUT2D eigenvalue weighted by atomic mass is 9.89. The van der Waals surface area contributed by atoms with Gasteiger partial charge in [0.2, 0.25) is 0 Å². The van der Waals surface area contributed by atoms with E-state index in [0.717, 1.165) is 13.1 Å². The summed E-state index contributed by atoms with van der Waals surface area (Å²) in [7, 11) is 2.08. The third-order valence-electron chi connectivity index (χ3n) is 4.04. The van der Waals surface area contributed by atoms with Crippen molar-refractivity contribution in [3.8, 4) is 0 Å². The first-order valence-corrected chi connectivity index (χ1v) is 6.55. The second kappa shape index (κ2) is 4.69. The van der Waals surface area contributed by atoms with Crippen molar-refractivity contribution in [3.63, 3.8) is 0 Å². The van der Waals surface area contributed by atoms with Crippen LogP contribution in [0.4, 0.5) is 5.69 Å². The molecule has 1 aliphatic heterocycles. The van der Waals surface area contributed by atoms with Crippen LogP contribution in [0.1, 0.15) is 30.9 Å². The molecule has 2 rings (SSSR count). The molecule has 0 unspecified atom stereocenters. The van der Waals surface area contributed by atoms with Gasteiger partial charge in [-0.05, 0) is 63.9 Å². The minimum Gasteiger partial charge on any atom is -0.371 e. The lowest BCUT2D eigenvalue weighted by Crippen LogP contribution is -2.50. The number of benzene rings is 1. The zero-order valence-electron chi connectivity index (χ0n) is 11.5. The summed E-state index contributed by atoms with van der Waals surface area (Å²) in [5.74, 6) is 0. The summed E-state index contributed by atoms with van der Waals surface area (Å²) >= 11 is 0. The Labute approximate surface area is 105 Å². The normalized spacial score (nSPS) is 19.4. The molecule has 1 fully saturated rings. The van der Waals surface area contributed by atoms with E-state index in [0.29, 0.717) is 5.54 Å². The molecule has 0 spiro atoms. The first kappa shape index (κ1) is 12.4. The van der Waals surface area contributed by atoms with Crippen molar-refractivity contribution in [1.82, 2.24) is 5.32 Å². The van der Waals surface area contributed by atoms with Gasteiger partial charge in [0, 0.05) is 24.3 Å². The summed E-state index contributed by atoms with van der Waals surface area (Å²) < 4.78 is 0. The quantitative estimate of drug-likeness (QED) is 0.843. The summed E-state index contributed by atoms with van der Waals surface area (Å²) in [6, 6.07) is 6.84. The highest BCUT2D eigenvalue weighted by Crippen LogP contribution is 2.27. The van der Waals surface area contributed by atoms with E-state index in [9.17, 15) is 0 Å². The minimum atomic E-state index is 0.329. The molecule has 1 heterocycles. The van der Waals surface area contributed by atoms with Crippen molar-refractivity contribution < 1.29 is 0 Å². The first-order valence-electron chi connectivity index (χ1n) is 6.55. The molecule has 0 atom stereocenters. The average molecular weight is 232 g/mol. The Hall–Kier alpha value is -1.02. The molecule has 0 aromatic heterocycles. The average Bonchev–Trinajstić information content (AvgIpc) is 2.29. The molecule has 1 saturated heterocycles. The highest BCUT2D eigenvalue weighted by molar-refractivity contribution is 5.51. The summed E-state index contributed by atoms with van der Waals surface area (Å²) in [4.78, 5) is 2.51. The standard InChI is InChI=1S/C15H24N2/c1-12-9-13(2)11-14(10-12)17-7-5-15(3,16-4)6-8-17/h9-11,16H,5-8H2,1-4H3. The number of hydrogen-bond donors (Lipinski definition) is 1. The summed E-state index contributed by atoms with van der Waals surface area (Å²) in [5.41, 5.74) is 4.44. The zero-order valence-corrected chi connectivity index (χ0v) is 11.5. The molecule has 94 valence electrons. The number of aryl methyl sites for hydroxylation is 2. The van der Waals surface area contributed by atoms with Crippen LogP contribution in [0.25, 0.3) is 0 Å². The first-order chi connectivity index (χ1) is 8.02. The van der Waals surface area contributed by atoms with E-state index in [-0.39, 0.29) is 0 Å². The largest absolute Gasteiger partial charge is 0.371 e. The van der Waals surface area contributed by atoms with Gasteiger partial charge in [-0.1, -0.05) is 6.07 Å². The molecule has 0 amide bonds. The maximum atomic E-state index is 3.45. The van der Waals surface area contributed by atoms with Crippen LogP contribution < -0.4 is 10.2 Å². The summed E-state index contributed by atoms with van der Waals surface area (Å²) in [6.45, 7) is 8.99. The van der Waals surface area contributed by atoms with E-state index in [1.165, 1.54) is 29.7 Å². The fourth-order valence-electron chi connectivity index (χ4n) is 2.64. The Morgan fingerprint density at radius 1 is 1.06 bits per heavy atom. The van der Waals surface area contributed by atoms with Gasteiger partial charge in [-0.3, -0.25) is 0 Å². The van der Waals surface area contributed by atoms with Gasteiger partial charge >= 0.3 is 0 Å². The monoisotopic (exact) mass is 232 g/mol. The van der Waals surface area contributed by atoms with E-state index >= 15 is 0 Å². The van der Waals surface area contributed by atoms with Gasteiger partial charge in [0.1, 0.15) is 0 Å². The lowest BCUT2D eigenvalue weighted by Gasteiger charge is -2.40. The van der Waals surface area contributed by atoms with Crippen LogP contribution in [0.5, 0.6) is 0 Å². The van der Waals surface area contributed by atoms with Gasteiger partial charge in [0.05, 0.1) is 0 Å². The van der Waals surface area contributed by atoms with E-state index in [1.807, 2.05) is 0 Å². The van der Waals surface area contributed by atoms with Crippen LogP contribution in [0.3, 0.4) is 0 Å². The van der Waals surface area contributed by atoms with Crippen molar-refractivity contribution in [1.29, 1.82) is 0 Å². The topological polar surface area (TPSA) is 15.3 Å². The van der Waals surface area contributed by atoms with E-state index in [2.05, 4.69) is 56.2 Å². The fraction of sp³-hybridized carbons (Fsp3) is 0.600. The predicted molar refractivity (Wildman–Crippen MR) is 74.8 cm³/mol. The molecule has 1 aromatic carbocycles. The van der Waals surface area contributed by atoms with Crippen LogP contribution in [0, 0.1) is 13.8 Å². The maximum absolute atomic E-state index is 3.45. The molecule has 1 aromatic rings. The highest BCUT2D eigenvalue weighted by Gasteiger charge is 2.28. The minimum absolute atomic E-state index is 0.329. The van der Waals surface area contributed by atoms with Gasteiger partial charge in [0.15, 0.2) is 0 Å². The third kappa shape index (κ3) is 2.81. The van der Waals surface area contributed by atoms with E-state index in [1.54, 1.807) is 0 Å². The molecule has 0 bridgehead atoms. The molecule has 1 aliphatic rings. The number of nitrogens with zero attached hydrogens (tertiary/aromatic N) is 1. The fourth-order valence-corrected chi connectivity index (χ4v) is 2.64. The summed E-state index contributed by atoms with van der Waals surface area (Å²) in [6.07, 6.45) is 2.44. The number of nitrogens with one attached hydrogen (secondary N) is 1.